The van der Waals surface area contributed by atoms with Gasteiger partial charge in [-0.15, -0.1) is 0 Å². The van der Waals surface area contributed by atoms with Gasteiger partial charge in [-0.3, -0.25) is 0 Å². The van der Waals surface area contributed by atoms with Gasteiger partial charge in [-0.25, -0.2) is 17.6 Å². The van der Waals surface area contributed by atoms with Crippen molar-refractivity contribution in [3.8, 4) is 11.1 Å². The van der Waals surface area contributed by atoms with Crippen LogP contribution in [0.15, 0.2) is 30.3 Å². The summed E-state index contributed by atoms with van der Waals surface area (Å²) in [6.07, 6.45) is 9.88. The van der Waals surface area contributed by atoms with Gasteiger partial charge >= 0.3 is 0 Å². The van der Waals surface area contributed by atoms with Gasteiger partial charge in [0.1, 0.15) is 0 Å². The first-order chi connectivity index (χ1) is 15.3. The average Bonchev–Trinajstić information content (AvgIpc) is 2.82. The largest absolute Gasteiger partial charge is 0.378 e. The molecule has 0 N–H and O–H groups in total. The fourth-order valence-corrected chi connectivity index (χ4v) is 4.71. The van der Waals surface area contributed by atoms with Crippen LogP contribution >= 0.6 is 0 Å². The molecule has 0 saturated heterocycles. The Morgan fingerprint density at radius 3 is 1.94 bits per heavy atom. The molecule has 0 fully saturated rings. The first-order valence-electron chi connectivity index (χ1n) is 11.8. The number of hydrogen-bond acceptors (Lipinski definition) is 1. The monoisotopic (exact) mass is 452 g/mol. The summed E-state index contributed by atoms with van der Waals surface area (Å²) in [7, 11) is 1.75. The zero-order valence-electron chi connectivity index (χ0n) is 19.7. The van der Waals surface area contributed by atoms with Crippen LogP contribution in [-0.4, -0.2) is 12.7 Å². The second-order valence-electron chi connectivity index (χ2n) is 8.55. The molecule has 2 aromatic rings. The van der Waals surface area contributed by atoms with Gasteiger partial charge in [0.15, 0.2) is 23.3 Å². The van der Waals surface area contributed by atoms with Crippen molar-refractivity contribution < 1.29 is 22.3 Å². The van der Waals surface area contributed by atoms with Crippen molar-refractivity contribution in [2.24, 2.45) is 0 Å². The van der Waals surface area contributed by atoms with Gasteiger partial charge in [-0.2, -0.15) is 0 Å². The van der Waals surface area contributed by atoms with Gasteiger partial charge < -0.3 is 4.74 Å². The summed E-state index contributed by atoms with van der Waals surface area (Å²) < 4.78 is 60.9. The molecule has 32 heavy (non-hydrogen) atoms. The fourth-order valence-electron chi connectivity index (χ4n) is 4.71. The highest BCUT2D eigenvalue weighted by atomic mass is 19.2. The first kappa shape index (κ1) is 26.4. The van der Waals surface area contributed by atoms with Crippen LogP contribution < -0.4 is 0 Å². The van der Waals surface area contributed by atoms with Gasteiger partial charge in [0.2, 0.25) is 0 Å². The maximum Gasteiger partial charge on any atom is 0.198 e. The lowest BCUT2D eigenvalue weighted by Crippen LogP contribution is -2.37. The van der Waals surface area contributed by atoms with E-state index >= 15 is 0 Å². The molecule has 0 bridgehead atoms. The SMILES string of the molecule is CCCCCCCCC(c1ccc(-c2cc(F)c(F)c(F)c2F)cc1)C(CC)(CC)OC. The molecule has 2 aromatic carbocycles. The summed E-state index contributed by atoms with van der Waals surface area (Å²) in [5, 5.41) is 0. The van der Waals surface area contributed by atoms with Crippen LogP contribution in [0.1, 0.15) is 90.0 Å². The van der Waals surface area contributed by atoms with E-state index in [4.69, 9.17) is 4.74 Å². The van der Waals surface area contributed by atoms with Crippen molar-refractivity contribution in [1.29, 1.82) is 0 Å². The van der Waals surface area contributed by atoms with E-state index < -0.39 is 23.3 Å². The van der Waals surface area contributed by atoms with Crippen molar-refractivity contribution in [2.75, 3.05) is 7.11 Å². The van der Waals surface area contributed by atoms with Gasteiger partial charge in [0, 0.05) is 18.6 Å². The second kappa shape index (κ2) is 12.4. The minimum absolute atomic E-state index is 0.147. The van der Waals surface area contributed by atoms with Crippen molar-refractivity contribution in [1.82, 2.24) is 0 Å². The topological polar surface area (TPSA) is 9.23 Å². The third-order valence-electron chi connectivity index (χ3n) is 6.81. The Bertz CT molecular complexity index is 835. The Hall–Kier alpha value is -1.88. The molecule has 5 heteroatoms. The molecule has 1 unspecified atom stereocenters. The zero-order chi connectivity index (χ0) is 23.7. The maximum absolute atomic E-state index is 14.2. The minimum atomic E-state index is -1.79. The number of hydrogen-bond donors (Lipinski definition) is 0. The highest BCUT2D eigenvalue weighted by Crippen LogP contribution is 2.41. The number of benzene rings is 2. The van der Waals surface area contributed by atoms with Crippen molar-refractivity contribution in [3.05, 3.63) is 59.2 Å². The van der Waals surface area contributed by atoms with Crippen molar-refractivity contribution >= 4 is 0 Å². The summed E-state index contributed by atoms with van der Waals surface area (Å²) in [5.74, 6) is -6.22. The normalized spacial score (nSPS) is 12.9. The van der Waals surface area contributed by atoms with E-state index in [0.717, 1.165) is 31.2 Å². The van der Waals surface area contributed by atoms with Gasteiger partial charge in [-0.1, -0.05) is 83.6 Å². The molecule has 0 radical (unpaired) electrons. The van der Waals surface area contributed by atoms with Crippen LogP contribution in [0, 0.1) is 23.3 Å². The van der Waals surface area contributed by atoms with Crippen LogP contribution in [-0.2, 0) is 4.74 Å². The van der Waals surface area contributed by atoms with Gasteiger partial charge in [0.25, 0.3) is 0 Å². The van der Waals surface area contributed by atoms with Crippen molar-refractivity contribution in [3.63, 3.8) is 0 Å². The smallest absolute Gasteiger partial charge is 0.198 e. The van der Waals surface area contributed by atoms with E-state index in [9.17, 15) is 17.6 Å². The minimum Gasteiger partial charge on any atom is -0.378 e. The Labute approximate surface area is 190 Å². The Kier molecular flexibility index (Phi) is 10.2. The maximum atomic E-state index is 14.2. The summed E-state index contributed by atoms with van der Waals surface area (Å²) in [5.41, 5.74) is 0.753. The number of halogens is 4. The standard InChI is InChI=1S/C27H36F4O/c1-5-8-9-10-11-12-13-22(27(6-2,7-3)32-4)20-16-14-19(15-17-20)21-18-23(28)25(30)26(31)24(21)29/h14-18,22H,5-13H2,1-4H3. The van der Waals surface area contributed by atoms with Crippen LogP contribution in [0.25, 0.3) is 11.1 Å². The number of methoxy groups -OCH3 is 1. The molecule has 0 aliphatic carbocycles. The molecule has 0 spiro atoms. The molecule has 0 heterocycles. The van der Waals surface area contributed by atoms with E-state index in [1.165, 1.54) is 32.1 Å². The molecule has 1 atom stereocenters. The number of rotatable bonds is 13. The summed E-state index contributed by atoms with van der Waals surface area (Å²) >= 11 is 0. The lowest BCUT2D eigenvalue weighted by atomic mass is 9.75. The van der Waals surface area contributed by atoms with Crippen LogP contribution in [0.2, 0.25) is 0 Å². The van der Waals surface area contributed by atoms with Gasteiger partial charge in [-0.05, 0) is 36.5 Å². The van der Waals surface area contributed by atoms with E-state index in [1.54, 1.807) is 19.2 Å². The molecule has 0 aromatic heterocycles. The van der Waals surface area contributed by atoms with Crippen molar-refractivity contribution in [2.45, 2.75) is 90.1 Å². The number of ether oxygens (including phenoxy) is 1. The lowest BCUT2D eigenvalue weighted by molar-refractivity contribution is -0.0425. The molecule has 2 rings (SSSR count). The molecule has 0 amide bonds. The van der Waals surface area contributed by atoms with Gasteiger partial charge in [0.05, 0.1) is 5.60 Å². The average molecular weight is 453 g/mol. The number of unbranched alkanes of at least 4 members (excludes halogenated alkanes) is 5. The third-order valence-corrected chi connectivity index (χ3v) is 6.81. The molecule has 0 aliphatic heterocycles. The molecule has 1 nitrogen and oxygen atoms in total. The highest BCUT2D eigenvalue weighted by Gasteiger charge is 2.36. The first-order valence-corrected chi connectivity index (χ1v) is 11.8. The summed E-state index contributed by atoms with van der Waals surface area (Å²) in [6, 6.07) is 7.73. The summed E-state index contributed by atoms with van der Waals surface area (Å²) in [6.45, 7) is 6.44. The van der Waals surface area contributed by atoms with E-state index in [0.29, 0.717) is 11.6 Å². The van der Waals surface area contributed by atoms with E-state index in [-0.39, 0.29) is 17.1 Å². The molecule has 0 saturated carbocycles. The molecular weight excluding hydrogens is 416 g/mol. The third kappa shape index (κ3) is 5.92. The highest BCUT2D eigenvalue weighted by molar-refractivity contribution is 5.65. The predicted octanol–water partition coefficient (Wildman–Crippen LogP) is 8.95. The predicted molar refractivity (Wildman–Crippen MR) is 123 cm³/mol. The Balaban J connectivity index is 2.30. The fraction of sp³-hybridized carbons (Fsp3) is 0.556. The Morgan fingerprint density at radius 2 is 1.38 bits per heavy atom. The molecule has 178 valence electrons. The lowest BCUT2D eigenvalue weighted by Gasteiger charge is -2.39. The van der Waals surface area contributed by atoms with Crippen LogP contribution in [0.3, 0.4) is 0 Å². The quantitative estimate of drug-likeness (QED) is 0.128. The molecular formula is C27H36F4O. The van der Waals surface area contributed by atoms with Crippen LogP contribution in [0.5, 0.6) is 0 Å². The summed E-state index contributed by atoms with van der Waals surface area (Å²) in [4.78, 5) is 0. The zero-order valence-corrected chi connectivity index (χ0v) is 19.7. The second-order valence-corrected chi connectivity index (χ2v) is 8.55. The van der Waals surface area contributed by atoms with E-state index in [1.807, 2.05) is 12.1 Å². The molecule has 0 aliphatic rings. The van der Waals surface area contributed by atoms with E-state index in [2.05, 4.69) is 20.8 Å². The van der Waals surface area contributed by atoms with Crippen LogP contribution in [0.4, 0.5) is 17.6 Å². The Morgan fingerprint density at radius 1 is 0.781 bits per heavy atom.